The number of rotatable bonds is 3. The Bertz CT molecular complexity index is 228. The quantitative estimate of drug-likeness (QED) is 0.794. The molecule has 0 amide bonds. The Morgan fingerprint density at radius 1 is 1.50 bits per heavy atom. The molecule has 96 valence electrons. The number of nitrogens with two attached hydrogens (primary N) is 1. The minimum Gasteiger partial charge on any atom is -0.390 e. The summed E-state index contributed by atoms with van der Waals surface area (Å²) in [6.45, 7) is 2.10. The average Bonchev–Trinajstić information content (AvgIpc) is 2.18. The minimum atomic E-state index is -4.19. The molecule has 5 heteroatoms. The summed E-state index contributed by atoms with van der Waals surface area (Å²) in [4.78, 5) is 0. The van der Waals surface area contributed by atoms with Gasteiger partial charge in [-0.1, -0.05) is 6.92 Å². The number of hydrogen-bond acceptors (Lipinski definition) is 2. The lowest BCUT2D eigenvalue weighted by Crippen LogP contribution is -2.47. The van der Waals surface area contributed by atoms with Crippen LogP contribution in [0.1, 0.15) is 39.0 Å². The van der Waals surface area contributed by atoms with E-state index in [-0.39, 0.29) is 25.3 Å². The Morgan fingerprint density at radius 3 is 2.56 bits per heavy atom. The maximum absolute atomic E-state index is 12.6. The van der Waals surface area contributed by atoms with Crippen LogP contribution in [0.5, 0.6) is 0 Å². The van der Waals surface area contributed by atoms with Crippen LogP contribution in [0.4, 0.5) is 13.2 Å². The lowest BCUT2D eigenvalue weighted by Gasteiger charge is -2.42. The second-order valence-electron chi connectivity index (χ2n) is 4.78. The highest BCUT2D eigenvalue weighted by molar-refractivity contribution is 4.93. The van der Waals surface area contributed by atoms with Crippen LogP contribution in [0.2, 0.25) is 0 Å². The summed E-state index contributed by atoms with van der Waals surface area (Å²) in [7, 11) is 0. The maximum Gasteiger partial charge on any atom is 0.391 e. The van der Waals surface area contributed by atoms with E-state index in [1.165, 1.54) is 0 Å². The summed E-state index contributed by atoms with van der Waals surface area (Å²) >= 11 is 0. The van der Waals surface area contributed by atoms with Gasteiger partial charge in [-0.2, -0.15) is 13.2 Å². The molecule has 1 fully saturated rings. The van der Waals surface area contributed by atoms with Gasteiger partial charge < -0.3 is 10.8 Å². The zero-order valence-electron chi connectivity index (χ0n) is 9.56. The summed E-state index contributed by atoms with van der Waals surface area (Å²) in [5, 5.41) is 10.3. The molecule has 3 unspecified atom stereocenters. The molecule has 0 aliphatic heterocycles. The van der Waals surface area contributed by atoms with Crippen LogP contribution in [-0.2, 0) is 0 Å². The molecular formula is C11H20F3NO. The Balaban J connectivity index is 2.75. The molecule has 0 heterocycles. The molecule has 1 rings (SSSR count). The average molecular weight is 239 g/mol. The molecule has 3 atom stereocenters. The van der Waals surface area contributed by atoms with Crippen molar-refractivity contribution in [1.82, 2.24) is 0 Å². The molecule has 0 aromatic carbocycles. The molecule has 2 nitrogen and oxygen atoms in total. The first-order valence-electron chi connectivity index (χ1n) is 5.82. The summed E-state index contributed by atoms with van der Waals surface area (Å²) in [6.07, 6.45) is -2.76. The molecule has 0 aromatic rings. The third-order valence-electron chi connectivity index (χ3n) is 3.76. The molecule has 0 aromatic heterocycles. The molecule has 1 aliphatic rings. The van der Waals surface area contributed by atoms with E-state index in [9.17, 15) is 18.3 Å². The minimum absolute atomic E-state index is 0.132. The molecule has 0 radical (unpaired) electrons. The van der Waals surface area contributed by atoms with Gasteiger partial charge in [0, 0.05) is 0 Å². The Labute approximate surface area is 94.0 Å². The predicted molar refractivity (Wildman–Crippen MR) is 55.8 cm³/mol. The molecule has 0 spiro atoms. The normalized spacial score (nSPS) is 33.8. The molecule has 1 saturated carbocycles. The molecule has 1 aliphatic carbocycles. The second-order valence-corrected chi connectivity index (χ2v) is 4.78. The maximum atomic E-state index is 12.6. The predicted octanol–water partition coefficient (Wildman–Crippen LogP) is 2.45. The van der Waals surface area contributed by atoms with E-state index in [2.05, 4.69) is 0 Å². The van der Waals surface area contributed by atoms with Gasteiger partial charge in [-0.15, -0.1) is 0 Å². The van der Waals surface area contributed by atoms with E-state index < -0.39 is 17.7 Å². The summed E-state index contributed by atoms with van der Waals surface area (Å²) in [6, 6.07) is 0. The van der Waals surface area contributed by atoms with Crippen molar-refractivity contribution < 1.29 is 18.3 Å². The summed E-state index contributed by atoms with van der Waals surface area (Å²) in [5.41, 5.74) is 4.29. The highest BCUT2D eigenvalue weighted by Crippen LogP contribution is 2.44. The van der Waals surface area contributed by atoms with Gasteiger partial charge in [0.05, 0.1) is 11.5 Å². The molecule has 3 N–H and O–H groups in total. The van der Waals surface area contributed by atoms with Gasteiger partial charge in [0.25, 0.3) is 0 Å². The Morgan fingerprint density at radius 2 is 2.12 bits per heavy atom. The highest BCUT2D eigenvalue weighted by Gasteiger charge is 2.48. The van der Waals surface area contributed by atoms with E-state index in [1.807, 2.05) is 6.92 Å². The molecule has 0 saturated heterocycles. The van der Waals surface area contributed by atoms with E-state index in [0.717, 1.165) is 0 Å². The SMILES string of the molecule is CCC(CN)C1(O)CCCC(C(F)(F)F)C1. The Kier molecular flexibility index (Phi) is 4.23. The monoisotopic (exact) mass is 239 g/mol. The first kappa shape index (κ1) is 13.8. The van der Waals surface area contributed by atoms with Crippen LogP contribution >= 0.6 is 0 Å². The van der Waals surface area contributed by atoms with Crippen molar-refractivity contribution >= 4 is 0 Å². The summed E-state index contributed by atoms with van der Waals surface area (Å²) < 4.78 is 37.8. The largest absolute Gasteiger partial charge is 0.391 e. The van der Waals surface area contributed by atoms with Crippen molar-refractivity contribution in [3.8, 4) is 0 Å². The molecular weight excluding hydrogens is 219 g/mol. The van der Waals surface area contributed by atoms with Crippen molar-refractivity contribution in [3.05, 3.63) is 0 Å². The van der Waals surface area contributed by atoms with Gasteiger partial charge >= 0.3 is 6.18 Å². The van der Waals surface area contributed by atoms with Crippen molar-refractivity contribution in [2.24, 2.45) is 17.6 Å². The van der Waals surface area contributed by atoms with Crippen molar-refractivity contribution in [2.75, 3.05) is 6.54 Å². The van der Waals surface area contributed by atoms with Crippen LogP contribution in [0, 0.1) is 11.8 Å². The fraction of sp³-hybridized carbons (Fsp3) is 1.00. The van der Waals surface area contributed by atoms with Crippen LogP contribution < -0.4 is 5.73 Å². The van der Waals surface area contributed by atoms with Gasteiger partial charge in [-0.25, -0.2) is 0 Å². The second kappa shape index (κ2) is 4.92. The fourth-order valence-electron chi connectivity index (χ4n) is 2.70. The van der Waals surface area contributed by atoms with Crippen LogP contribution in [-0.4, -0.2) is 23.4 Å². The molecule has 16 heavy (non-hydrogen) atoms. The lowest BCUT2D eigenvalue weighted by molar-refractivity contribution is -0.206. The van der Waals surface area contributed by atoms with Gasteiger partial charge in [0.1, 0.15) is 0 Å². The number of alkyl halides is 3. The number of aliphatic hydroxyl groups is 1. The first-order chi connectivity index (χ1) is 7.33. The van der Waals surface area contributed by atoms with E-state index in [0.29, 0.717) is 19.3 Å². The zero-order valence-corrected chi connectivity index (χ0v) is 9.56. The van der Waals surface area contributed by atoms with Gasteiger partial charge in [-0.05, 0) is 44.6 Å². The number of hydrogen-bond donors (Lipinski definition) is 2. The fourth-order valence-corrected chi connectivity index (χ4v) is 2.70. The van der Waals surface area contributed by atoms with Gasteiger partial charge in [-0.3, -0.25) is 0 Å². The highest BCUT2D eigenvalue weighted by atomic mass is 19.4. The van der Waals surface area contributed by atoms with Crippen molar-refractivity contribution in [3.63, 3.8) is 0 Å². The van der Waals surface area contributed by atoms with Crippen molar-refractivity contribution in [2.45, 2.75) is 50.8 Å². The van der Waals surface area contributed by atoms with E-state index >= 15 is 0 Å². The van der Waals surface area contributed by atoms with Crippen molar-refractivity contribution in [1.29, 1.82) is 0 Å². The van der Waals surface area contributed by atoms with E-state index in [4.69, 9.17) is 5.73 Å². The zero-order chi connectivity index (χ0) is 12.4. The molecule has 0 bridgehead atoms. The van der Waals surface area contributed by atoms with Crippen LogP contribution in [0.3, 0.4) is 0 Å². The van der Waals surface area contributed by atoms with Gasteiger partial charge in [0.2, 0.25) is 0 Å². The van der Waals surface area contributed by atoms with Crippen LogP contribution in [0.25, 0.3) is 0 Å². The van der Waals surface area contributed by atoms with Crippen LogP contribution in [0.15, 0.2) is 0 Å². The van der Waals surface area contributed by atoms with Gasteiger partial charge in [0.15, 0.2) is 0 Å². The lowest BCUT2D eigenvalue weighted by atomic mass is 9.70. The standard InChI is InChI=1S/C11H20F3NO/c1-2-8(7-15)10(16)5-3-4-9(6-10)11(12,13)14/h8-9,16H,2-7,15H2,1H3. The Hall–Kier alpha value is -0.290. The third-order valence-corrected chi connectivity index (χ3v) is 3.76. The summed E-state index contributed by atoms with van der Waals surface area (Å²) in [5.74, 6) is -1.59. The topological polar surface area (TPSA) is 46.2 Å². The third kappa shape index (κ3) is 2.88. The number of halogens is 3. The smallest absolute Gasteiger partial charge is 0.390 e. The van der Waals surface area contributed by atoms with E-state index in [1.54, 1.807) is 0 Å². The first-order valence-corrected chi connectivity index (χ1v) is 5.82.